The summed E-state index contributed by atoms with van der Waals surface area (Å²) in [4.78, 5) is 14.4. The maximum Gasteiger partial charge on any atom is 0.286 e. The molecule has 0 N–H and O–H groups in total. The Balaban J connectivity index is 1.78. The van der Waals surface area contributed by atoms with Crippen LogP contribution in [0, 0.1) is 6.92 Å². The summed E-state index contributed by atoms with van der Waals surface area (Å²) in [5, 5.41) is 1.13. The number of benzene rings is 1. The summed E-state index contributed by atoms with van der Waals surface area (Å²) in [7, 11) is 0. The highest BCUT2D eigenvalue weighted by Crippen LogP contribution is 2.25. The molecule has 23 heavy (non-hydrogen) atoms. The number of aryl methyl sites for hydroxylation is 1. The number of likely N-dealkylation sites (tertiary alicyclic amines) is 1. The lowest BCUT2D eigenvalue weighted by Gasteiger charge is -2.34. The first-order valence-electron chi connectivity index (χ1n) is 8.18. The van der Waals surface area contributed by atoms with E-state index >= 15 is 0 Å². The first-order chi connectivity index (χ1) is 11.0. The Bertz CT molecular complexity index is 761. The second-order valence-corrected chi connectivity index (χ2v) is 6.58. The third-order valence-electron chi connectivity index (χ3n) is 4.66. The molecule has 124 valence electrons. The third kappa shape index (κ3) is 3.24. The molecule has 0 radical (unpaired) electrons. The van der Waals surface area contributed by atoms with Crippen LogP contribution in [0.15, 0.2) is 29.2 Å². The topological polar surface area (TPSA) is 34.5 Å². The van der Waals surface area contributed by atoms with Gasteiger partial charge < -0.3 is 9.64 Å². The average Bonchev–Trinajstić information content (AvgIpc) is 2.53. The van der Waals surface area contributed by atoms with E-state index in [-0.39, 0.29) is 10.9 Å². The number of aromatic nitrogens is 1. The summed E-state index contributed by atoms with van der Waals surface area (Å²) in [5.74, 6) is 0.750. The lowest BCUT2D eigenvalue weighted by molar-refractivity contribution is 0.0844. The van der Waals surface area contributed by atoms with Crippen LogP contribution in [0.4, 0.5) is 4.48 Å². The predicted octanol–water partition coefficient (Wildman–Crippen LogP) is 3.29. The zero-order valence-corrected chi connectivity index (χ0v) is 13.9. The van der Waals surface area contributed by atoms with Crippen molar-refractivity contribution in [1.29, 1.82) is 0 Å². The highest BCUT2D eigenvalue weighted by atomic mass is 19.2. The summed E-state index contributed by atoms with van der Waals surface area (Å²) in [6.07, 6.45) is 3.42. The maximum atomic E-state index is 13.5. The monoisotopic (exact) mass is 318 g/mol. The maximum absolute atomic E-state index is 13.5. The molecule has 0 aliphatic carbocycles. The van der Waals surface area contributed by atoms with E-state index in [9.17, 15) is 9.28 Å². The molecule has 1 aliphatic rings. The first-order valence-corrected chi connectivity index (χ1v) is 8.18. The van der Waals surface area contributed by atoms with Crippen molar-refractivity contribution in [2.75, 3.05) is 13.1 Å². The largest absolute Gasteiger partial charge is 0.490 e. The fourth-order valence-corrected chi connectivity index (χ4v) is 3.23. The minimum absolute atomic E-state index is 0.139. The minimum Gasteiger partial charge on any atom is -0.490 e. The Hall–Kier alpha value is -1.88. The number of hydrogen-bond donors (Lipinski definition) is 0. The Labute approximate surface area is 135 Å². The molecule has 4 nitrogen and oxygen atoms in total. The van der Waals surface area contributed by atoms with Gasteiger partial charge in [0.05, 0.1) is 5.39 Å². The number of halogens is 1. The standard InChI is InChI=1S/C18H23FN2O2/c1-12(2)20-8-6-14(7-9-20)23-15-4-5-16-17(10-15)13(3)11-21(19)18(16)22/h4-5,10-12,14H,6-9H2,1-3H3. The van der Waals surface area contributed by atoms with Crippen molar-refractivity contribution >= 4 is 10.8 Å². The SMILES string of the molecule is Cc1cn(F)c(=O)c2ccc(OC3CCN(C(C)C)CC3)cc12. The quantitative estimate of drug-likeness (QED) is 0.871. The Morgan fingerprint density at radius 2 is 1.91 bits per heavy atom. The van der Waals surface area contributed by atoms with E-state index in [4.69, 9.17) is 4.74 Å². The molecule has 3 rings (SSSR count). The number of hydrogen-bond acceptors (Lipinski definition) is 3. The van der Waals surface area contributed by atoms with Crippen molar-refractivity contribution < 1.29 is 9.22 Å². The van der Waals surface area contributed by atoms with Gasteiger partial charge >= 0.3 is 0 Å². The molecule has 0 saturated carbocycles. The van der Waals surface area contributed by atoms with Crippen molar-refractivity contribution in [2.24, 2.45) is 0 Å². The van der Waals surface area contributed by atoms with Gasteiger partial charge in [-0.3, -0.25) is 4.79 Å². The Morgan fingerprint density at radius 1 is 1.22 bits per heavy atom. The first kappa shape index (κ1) is 16.0. The van der Waals surface area contributed by atoms with Gasteiger partial charge in [0.1, 0.15) is 11.9 Å². The molecule has 1 aromatic carbocycles. The minimum atomic E-state index is -0.623. The second-order valence-electron chi connectivity index (χ2n) is 6.58. The summed E-state index contributed by atoms with van der Waals surface area (Å²) < 4.78 is 19.5. The van der Waals surface area contributed by atoms with Gasteiger partial charge in [-0.2, -0.15) is 0 Å². The van der Waals surface area contributed by atoms with Crippen LogP contribution in [0.5, 0.6) is 5.75 Å². The molecule has 2 heterocycles. The summed E-state index contributed by atoms with van der Waals surface area (Å²) in [5.41, 5.74) is 0.101. The van der Waals surface area contributed by atoms with Gasteiger partial charge in [-0.25, -0.2) is 0 Å². The summed E-state index contributed by atoms with van der Waals surface area (Å²) in [6, 6.07) is 5.83. The molecule has 0 atom stereocenters. The van der Waals surface area contributed by atoms with E-state index in [2.05, 4.69) is 18.7 Å². The zero-order chi connectivity index (χ0) is 16.6. The van der Waals surface area contributed by atoms with Gasteiger partial charge in [-0.05, 0) is 62.8 Å². The number of nitrogens with zero attached hydrogens (tertiary/aromatic N) is 2. The molecular weight excluding hydrogens is 295 g/mol. The van der Waals surface area contributed by atoms with E-state index < -0.39 is 5.56 Å². The normalized spacial score (nSPS) is 17.1. The fourth-order valence-electron chi connectivity index (χ4n) is 3.23. The molecule has 0 amide bonds. The molecule has 1 fully saturated rings. The van der Waals surface area contributed by atoms with Gasteiger partial charge in [-0.1, -0.05) is 4.48 Å². The number of fused-ring (bicyclic) bond motifs is 1. The predicted molar refractivity (Wildman–Crippen MR) is 89.8 cm³/mol. The molecule has 5 heteroatoms. The van der Waals surface area contributed by atoms with Crippen molar-refractivity contribution in [3.63, 3.8) is 0 Å². The van der Waals surface area contributed by atoms with E-state index in [0.717, 1.165) is 42.6 Å². The van der Waals surface area contributed by atoms with Crippen LogP contribution in [-0.4, -0.2) is 34.9 Å². The average molecular weight is 318 g/mol. The molecular formula is C18H23FN2O2. The van der Waals surface area contributed by atoms with Crippen LogP contribution in [0.2, 0.25) is 0 Å². The van der Waals surface area contributed by atoms with Crippen LogP contribution in [0.1, 0.15) is 32.3 Å². The van der Waals surface area contributed by atoms with Crippen molar-refractivity contribution in [3.05, 3.63) is 40.3 Å². The number of piperidine rings is 1. The van der Waals surface area contributed by atoms with Gasteiger partial charge in [0.15, 0.2) is 0 Å². The lowest BCUT2D eigenvalue weighted by atomic mass is 10.1. The van der Waals surface area contributed by atoms with Crippen molar-refractivity contribution in [1.82, 2.24) is 9.69 Å². The molecule has 2 aromatic rings. The fraction of sp³-hybridized carbons (Fsp3) is 0.500. The van der Waals surface area contributed by atoms with E-state index in [0.29, 0.717) is 11.4 Å². The van der Waals surface area contributed by atoms with Gasteiger partial charge in [0.25, 0.3) is 5.56 Å². The van der Waals surface area contributed by atoms with E-state index in [1.54, 1.807) is 19.1 Å². The van der Waals surface area contributed by atoms with E-state index in [1.807, 2.05) is 6.07 Å². The molecule has 0 unspecified atom stereocenters. The van der Waals surface area contributed by atoms with Crippen LogP contribution in [0.3, 0.4) is 0 Å². The van der Waals surface area contributed by atoms with Crippen LogP contribution >= 0.6 is 0 Å². The highest BCUT2D eigenvalue weighted by Gasteiger charge is 2.22. The number of pyridine rings is 1. The van der Waals surface area contributed by atoms with Gasteiger partial charge in [-0.15, -0.1) is 4.79 Å². The van der Waals surface area contributed by atoms with Crippen LogP contribution in [-0.2, 0) is 0 Å². The summed E-state index contributed by atoms with van der Waals surface area (Å²) in [6.45, 7) is 8.31. The van der Waals surface area contributed by atoms with Crippen LogP contribution < -0.4 is 10.3 Å². The molecule has 1 aliphatic heterocycles. The van der Waals surface area contributed by atoms with Crippen molar-refractivity contribution in [3.8, 4) is 5.75 Å². The van der Waals surface area contributed by atoms with Gasteiger partial charge in [0, 0.05) is 25.3 Å². The van der Waals surface area contributed by atoms with E-state index in [1.165, 1.54) is 6.20 Å². The molecule has 0 spiro atoms. The molecule has 1 aromatic heterocycles. The Morgan fingerprint density at radius 3 is 2.57 bits per heavy atom. The Kier molecular flexibility index (Phi) is 4.39. The van der Waals surface area contributed by atoms with Gasteiger partial charge in [0.2, 0.25) is 0 Å². The summed E-state index contributed by atoms with van der Waals surface area (Å²) >= 11 is 0. The van der Waals surface area contributed by atoms with Crippen LogP contribution in [0.25, 0.3) is 10.8 Å². The smallest absolute Gasteiger partial charge is 0.286 e. The number of ether oxygens (including phenoxy) is 1. The lowest BCUT2D eigenvalue weighted by Crippen LogP contribution is -2.41. The van der Waals surface area contributed by atoms with Crippen molar-refractivity contribution in [2.45, 2.75) is 45.8 Å². The molecule has 1 saturated heterocycles. The second kappa shape index (κ2) is 6.32. The third-order valence-corrected chi connectivity index (χ3v) is 4.66. The highest BCUT2D eigenvalue weighted by molar-refractivity contribution is 5.85. The number of rotatable bonds is 3. The molecule has 0 bridgehead atoms. The zero-order valence-electron chi connectivity index (χ0n) is 13.9.